The predicted octanol–water partition coefficient (Wildman–Crippen LogP) is 3.45. The summed E-state index contributed by atoms with van der Waals surface area (Å²) in [5.41, 5.74) is 1.13. The van der Waals surface area contributed by atoms with Crippen LogP contribution in [-0.4, -0.2) is 31.2 Å². The van der Waals surface area contributed by atoms with E-state index in [1.807, 2.05) is 6.07 Å². The predicted molar refractivity (Wildman–Crippen MR) is 74.0 cm³/mol. The highest BCUT2D eigenvalue weighted by Gasteiger charge is 2.26. The standard InChI is InChI=1S/C14H19BrFNO/c1-10-5-6-17(9-14(10)18-2)8-11-3-4-12(16)7-13(11)15/h3-4,7,10,14H,5-6,8-9H2,1-2H3. The Bertz CT molecular complexity index is 413. The number of hydrogen-bond donors (Lipinski definition) is 0. The van der Waals surface area contributed by atoms with Crippen molar-refractivity contribution in [2.75, 3.05) is 20.2 Å². The molecular weight excluding hydrogens is 297 g/mol. The molecule has 0 spiro atoms. The molecule has 0 aromatic heterocycles. The van der Waals surface area contributed by atoms with Crippen molar-refractivity contribution in [3.8, 4) is 0 Å². The number of rotatable bonds is 3. The van der Waals surface area contributed by atoms with Crippen LogP contribution in [0, 0.1) is 11.7 Å². The molecule has 18 heavy (non-hydrogen) atoms. The summed E-state index contributed by atoms with van der Waals surface area (Å²) in [5, 5.41) is 0. The van der Waals surface area contributed by atoms with Crippen molar-refractivity contribution in [2.24, 2.45) is 5.92 Å². The Morgan fingerprint density at radius 1 is 1.50 bits per heavy atom. The fourth-order valence-corrected chi connectivity index (χ4v) is 2.92. The summed E-state index contributed by atoms with van der Waals surface area (Å²) in [6.45, 7) is 5.10. The minimum Gasteiger partial charge on any atom is -0.380 e. The molecule has 1 aliphatic heterocycles. The zero-order chi connectivity index (χ0) is 13.1. The van der Waals surface area contributed by atoms with Gasteiger partial charge < -0.3 is 4.74 Å². The summed E-state index contributed by atoms with van der Waals surface area (Å²) in [4.78, 5) is 2.37. The third kappa shape index (κ3) is 3.31. The molecule has 1 saturated heterocycles. The lowest BCUT2D eigenvalue weighted by Crippen LogP contribution is -2.43. The number of hydrogen-bond acceptors (Lipinski definition) is 2. The molecule has 0 saturated carbocycles. The van der Waals surface area contributed by atoms with Gasteiger partial charge in [-0.05, 0) is 36.6 Å². The molecular formula is C14H19BrFNO. The Hall–Kier alpha value is -0.450. The van der Waals surface area contributed by atoms with Crippen molar-refractivity contribution >= 4 is 15.9 Å². The Labute approximate surface area is 116 Å². The second-order valence-electron chi connectivity index (χ2n) is 5.01. The Kier molecular flexibility index (Phi) is 4.76. The van der Waals surface area contributed by atoms with Crippen LogP contribution in [0.3, 0.4) is 0 Å². The summed E-state index contributed by atoms with van der Waals surface area (Å²) in [5.74, 6) is 0.413. The van der Waals surface area contributed by atoms with E-state index in [0.29, 0.717) is 12.0 Å². The van der Waals surface area contributed by atoms with Gasteiger partial charge in [-0.2, -0.15) is 0 Å². The summed E-state index contributed by atoms with van der Waals surface area (Å²) in [6.07, 6.45) is 1.45. The fraction of sp³-hybridized carbons (Fsp3) is 0.571. The van der Waals surface area contributed by atoms with E-state index in [1.54, 1.807) is 7.11 Å². The third-order valence-corrected chi connectivity index (χ3v) is 4.42. The van der Waals surface area contributed by atoms with Crippen LogP contribution in [0.15, 0.2) is 22.7 Å². The van der Waals surface area contributed by atoms with Gasteiger partial charge in [-0.3, -0.25) is 4.90 Å². The second-order valence-corrected chi connectivity index (χ2v) is 5.87. The monoisotopic (exact) mass is 315 g/mol. The van der Waals surface area contributed by atoms with Crippen molar-refractivity contribution in [2.45, 2.75) is 26.0 Å². The highest BCUT2D eigenvalue weighted by atomic mass is 79.9. The molecule has 1 aromatic carbocycles. The maximum Gasteiger partial charge on any atom is 0.124 e. The van der Waals surface area contributed by atoms with Crippen LogP contribution in [0.5, 0.6) is 0 Å². The molecule has 1 heterocycles. The Morgan fingerprint density at radius 3 is 2.94 bits per heavy atom. The van der Waals surface area contributed by atoms with Gasteiger partial charge in [0, 0.05) is 24.7 Å². The molecule has 4 heteroatoms. The molecule has 100 valence electrons. The van der Waals surface area contributed by atoms with Crippen LogP contribution in [0.25, 0.3) is 0 Å². The average Bonchev–Trinajstić information content (AvgIpc) is 2.35. The minimum absolute atomic E-state index is 0.201. The molecule has 0 bridgehead atoms. The lowest BCUT2D eigenvalue weighted by atomic mass is 9.95. The molecule has 1 aliphatic rings. The first kappa shape index (κ1) is 14.0. The molecule has 2 atom stereocenters. The van der Waals surface area contributed by atoms with Crippen molar-refractivity contribution < 1.29 is 9.13 Å². The van der Waals surface area contributed by atoms with Crippen molar-refractivity contribution in [1.29, 1.82) is 0 Å². The van der Waals surface area contributed by atoms with Crippen LogP contribution in [-0.2, 0) is 11.3 Å². The maximum atomic E-state index is 13.0. The second kappa shape index (κ2) is 6.13. The van der Waals surface area contributed by atoms with Crippen LogP contribution < -0.4 is 0 Å². The zero-order valence-electron chi connectivity index (χ0n) is 10.8. The quantitative estimate of drug-likeness (QED) is 0.847. The van der Waals surface area contributed by atoms with E-state index in [4.69, 9.17) is 4.74 Å². The maximum absolute atomic E-state index is 13.0. The molecule has 0 N–H and O–H groups in total. The summed E-state index contributed by atoms with van der Waals surface area (Å²) in [6, 6.07) is 4.88. The molecule has 0 radical (unpaired) electrons. The van der Waals surface area contributed by atoms with Crippen molar-refractivity contribution in [3.63, 3.8) is 0 Å². The topological polar surface area (TPSA) is 12.5 Å². The van der Waals surface area contributed by atoms with Gasteiger partial charge in [0.1, 0.15) is 5.82 Å². The van der Waals surface area contributed by atoms with Crippen LogP contribution >= 0.6 is 15.9 Å². The van der Waals surface area contributed by atoms with E-state index in [9.17, 15) is 4.39 Å². The molecule has 1 fully saturated rings. The zero-order valence-corrected chi connectivity index (χ0v) is 12.4. The van der Waals surface area contributed by atoms with Crippen LogP contribution in [0.1, 0.15) is 18.9 Å². The smallest absolute Gasteiger partial charge is 0.124 e. The first-order chi connectivity index (χ1) is 8.60. The van der Waals surface area contributed by atoms with E-state index in [2.05, 4.69) is 27.8 Å². The third-order valence-electron chi connectivity index (χ3n) is 3.69. The van der Waals surface area contributed by atoms with Crippen LogP contribution in [0.4, 0.5) is 4.39 Å². The molecule has 1 aromatic rings. The first-order valence-electron chi connectivity index (χ1n) is 6.29. The van der Waals surface area contributed by atoms with Gasteiger partial charge in [0.25, 0.3) is 0 Å². The van der Waals surface area contributed by atoms with Gasteiger partial charge in [-0.15, -0.1) is 0 Å². The van der Waals surface area contributed by atoms with Gasteiger partial charge in [0.05, 0.1) is 6.10 Å². The van der Waals surface area contributed by atoms with Gasteiger partial charge in [0.2, 0.25) is 0 Å². The molecule has 0 aliphatic carbocycles. The molecule has 2 unspecified atom stereocenters. The normalized spacial score (nSPS) is 25.3. The molecule has 2 nitrogen and oxygen atoms in total. The highest BCUT2D eigenvalue weighted by Crippen LogP contribution is 2.24. The lowest BCUT2D eigenvalue weighted by Gasteiger charge is -2.36. The fourth-order valence-electron chi connectivity index (χ4n) is 2.44. The van der Waals surface area contributed by atoms with Crippen molar-refractivity contribution in [1.82, 2.24) is 4.90 Å². The first-order valence-corrected chi connectivity index (χ1v) is 7.08. The molecule has 0 amide bonds. The number of halogens is 2. The Balaban J connectivity index is 2.01. The lowest BCUT2D eigenvalue weighted by molar-refractivity contribution is -0.00751. The number of methoxy groups -OCH3 is 1. The van der Waals surface area contributed by atoms with E-state index < -0.39 is 0 Å². The highest BCUT2D eigenvalue weighted by molar-refractivity contribution is 9.10. The summed E-state index contributed by atoms with van der Waals surface area (Å²) in [7, 11) is 1.78. The van der Waals surface area contributed by atoms with Gasteiger partial charge >= 0.3 is 0 Å². The van der Waals surface area contributed by atoms with Crippen LogP contribution in [0.2, 0.25) is 0 Å². The number of benzene rings is 1. The summed E-state index contributed by atoms with van der Waals surface area (Å²) < 4.78 is 19.4. The van der Waals surface area contributed by atoms with E-state index in [-0.39, 0.29) is 5.82 Å². The van der Waals surface area contributed by atoms with E-state index >= 15 is 0 Å². The summed E-state index contributed by atoms with van der Waals surface area (Å²) >= 11 is 3.42. The largest absolute Gasteiger partial charge is 0.380 e. The van der Waals surface area contributed by atoms with Gasteiger partial charge in [-0.25, -0.2) is 4.39 Å². The molecule has 2 rings (SSSR count). The average molecular weight is 316 g/mol. The van der Waals surface area contributed by atoms with Crippen molar-refractivity contribution in [3.05, 3.63) is 34.1 Å². The number of nitrogens with zero attached hydrogens (tertiary/aromatic N) is 1. The number of ether oxygens (including phenoxy) is 1. The van der Waals surface area contributed by atoms with Gasteiger partial charge in [-0.1, -0.05) is 28.9 Å². The Morgan fingerprint density at radius 2 is 2.28 bits per heavy atom. The van der Waals surface area contributed by atoms with E-state index in [1.165, 1.54) is 12.1 Å². The minimum atomic E-state index is -0.201. The van der Waals surface area contributed by atoms with E-state index in [0.717, 1.165) is 36.1 Å². The number of piperidine rings is 1. The SMILES string of the molecule is COC1CN(Cc2ccc(F)cc2Br)CCC1C. The van der Waals surface area contributed by atoms with Gasteiger partial charge in [0.15, 0.2) is 0 Å². The number of likely N-dealkylation sites (tertiary alicyclic amines) is 1.